The highest BCUT2D eigenvalue weighted by Crippen LogP contribution is 2.26. The molecule has 0 aliphatic carbocycles. The van der Waals surface area contributed by atoms with Gasteiger partial charge in [0.1, 0.15) is 5.75 Å². The lowest BCUT2D eigenvalue weighted by Crippen LogP contribution is -2.35. The molecular weight excluding hydrogens is 352 g/mol. The molecule has 6 nitrogen and oxygen atoms in total. The van der Waals surface area contributed by atoms with Crippen molar-refractivity contribution in [3.8, 4) is 5.75 Å². The zero-order valence-electron chi connectivity index (χ0n) is 14.9. The standard InChI is InChI=1S/C19H22N2O4S/c1-14-13-17(25-2)10-11-18(14)26(23,24)20-15-6-8-16(9-7-15)21-12-4-3-5-19(21)22/h6-11,13,20H,3-5,12H2,1-2H3. The van der Waals surface area contributed by atoms with Crippen LogP contribution in [0.4, 0.5) is 11.4 Å². The van der Waals surface area contributed by atoms with E-state index in [0.29, 0.717) is 30.0 Å². The summed E-state index contributed by atoms with van der Waals surface area (Å²) in [5.74, 6) is 0.718. The van der Waals surface area contributed by atoms with Crippen LogP contribution in [-0.4, -0.2) is 28.0 Å². The molecule has 26 heavy (non-hydrogen) atoms. The summed E-state index contributed by atoms with van der Waals surface area (Å²) in [6.07, 6.45) is 2.47. The van der Waals surface area contributed by atoms with Crippen molar-refractivity contribution in [2.24, 2.45) is 0 Å². The van der Waals surface area contributed by atoms with Gasteiger partial charge in [0.25, 0.3) is 10.0 Å². The van der Waals surface area contributed by atoms with Gasteiger partial charge in [-0.1, -0.05) is 0 Å². The van der Waals surface area contributed by atoms with Crippen molar-refractivity contribution in [2.75, 3.05) is 23.3 Å². The first-order valence-corrected chi connectivity index (χ1v) is 9.97. The maximum Gasteiger partial charge on any atom is 0.262 e. The first-order valence-electron chi connectivity index (χ1n) is 8.48. The number of rotatable bonds is 5. The molecule has 1 fully saturated rings. The predicted molar refractivity (Wildman–Crippen MR) is 101 cm³/mol. The average Bonchev–Trinajstić information content (AvgIpc) is 2.62. The Morgan fingerprint density at radius 2 is 1.81 bits per heavy atom. The highest BCUT2D eigenvalue weighted by Gasteiger charge is 2.20. The van der Waals surface area contributed by atoms with Crippen LogP contribution >= 0.6 is 0 Å². The van der Waals surface area contributed by atoms with E-state index in [1.807, 2.05) is 0 Å². The molecule has 0 aromatic heterocycles. The normalized spacial score (nSPS) is 15.0. The van der Waals surface area contributed by atoms with Crippen LogP contribution in [0.2, 0.25) is 0 Å². The predicted octanol–water partition coefficient (Wildman–Crippen LogP) is 3.32. The number of carbonyl (C=O) groups excluding carboxylic acids is 1. The first kappa shape index (κ1) is 18.3. The first-order chi connectivity index (χ1) is 12.4. The third kappa shape index (κ3) is 3.83. The molecule has 3 rings (SSSR count). The maximum absolute atomic E-state index is 12.6. The number of benzene rings is 2. The number of carbonyl (C=O) groups is 1. The van der Waals surface area contributed by atoms with E-state index >= 15 is 0 Å². The van der Waals surface area contributed by atoms with E-state index in [4.69, 9.17) is 4.74 Å². The number of hydrogen-bond donors (Lipinski definition) is 1. The molecule has 0 saturated carbocycles. The number of aryl methyl sites for hydroxylation is 1. The van der Waals surface area contributed by atoms with E-state index in [9.17, 15) is 13.2 Å². The van der Waals surface area contributed by atoms with Gasteiger partial charge in [-0.3, -0.25) is 9.52 Å². The number of amides is 1. The molecule has 1 N–H and O–H groups in total. The van der Waals surface area contributed by atoms with Crippen molar-refractivity contribution in [3.05, 3.63) is 48.0 Å². The second-order valence-corrected chi connectivity index (χ2v) is 7.94. The smallest absolute Gasteiger partial charge is 0.262 e. The Bertz CT molecular complexity index is 908. The molecule has 138 valence electrons. The lowest BCUT2D eigenvalue weighted by Gasteiger charge is -2.26. The SMILES string of the molecule is COc1ccc(S(=O)(=O)Nc2ccc(N3CCCCC3=O)cc2)c(C)c1. The Balaban J connectivity index is 1.79. The van der Waals surface area contributed by atoms with Crippen molar-refractivity contribution in [2.45, 2.75) is 31.1 Å². The molecule has 0 bridgehead atoms. The van der Waals surface area contributed by atoms with E-state index in [1.165, 1.54) is 13.2 Å². The summed E-state index contributed by atoms with van der Waals surface area (Å²) in [6, 6.07) is 11.7. The van der Waals surface area contributed by atoms with Crippen molar-refractivity contribution in [3.63, 3.8) is 0 Å². The summed E-state index contributed by atoms with van der Waals surface area (Å²) in [5, 5.41) is 0. The molecule has 0 spiro atoms. The monoisotopic (exact) mass is 374 g/mol. The number of piperidine rings is 1. The van der Waals surface area contributed by atoms with E-state index in [0.717, 1.165) is 18.5 Å². The minimum absolute atomic E-state index is 0.110. The van der Waals surface area contributed by atoms with Crippen molar-refractivity contribution < 1.29 is 17.9 Å². The van der Waals surface area contributed by atoms with Crippen LogP contribution in [0.3, 0.4) is 0 Å². The molecular formula is C19H22N2O4S. The summed E-state index contributed by atoms with van der Waals surface area (Å²) in [4.78, 5) is 13.9. The Morgan fingerprint density at radius 3 is 2.42 bits per heavy atom. The van der Waals surface area contributed by atoms with Crippen LogP contribution in [0.1, 0.15) is 24.8 Å². The van der Waals surface area contributed by atoms with Crippen LogP contribution < -0.4 is 14.4 Å². The van der Waals surface area contributed by atoms with Crippen LogP contribution in [0.5, 0.6) is 5.75 Å². The van der Waals surface area contributed by atoms with Crippen molar-refractivity contribution in [1.29, 1.82) is 0 Å². The van der Waals surface area contributed by atoms with Gasteiger partial charge in [-0.25, -0.2) is 8.42 Å². The van der Waals surface area contributed by atoms with Gasteiger partial charge in [0, 0.05) is 24.3 Å². The molecule has 1 amide bonds. The highest BCUT2D eigenvalue weighted by atomic mass is 32.2. The lowest BCUT2D eigenvalue weighted by atomic mass is 10.1. The highest BCUT2D eigenvalue weighted by molar-refractivity contribution is 7.92. The quantitative estimate of drug-likeness (QED) is 0.871. The molecule has 0 radical (unpaired) electrons. The minimum atomic E-state index is -3.70. The van der Waals surface area contributed by atoms with Crippen molar-refractivity contribution in [1.82, 2.24) is 0 Å². The van der Waals surface area contributed by atoms with Gasteiger partial charge in [0.05, 0.1) is 12.0 Å². The van der Waals surface area contributed by atoms with Crippen LogP contribution in [0.15, 0.2) is 47.4 Å². The van der Waals surface area contributed by atoms with Gasteiger partial charge < -0.3 is 9.64 Å². The van der Waals surface area contributed by atoms with Crippen molar-refractivity contribution >= 4 is 27.3 Å². The molecule has 1 aliphatic heterocycles. The topological polar surface area (TPSA) is 75.7 Å². The second kappa shape index (κ2) is 7.37. The van der Waals surface area contributed by atoms with Crippen LogP contribution in [0.25, 0.3) is 0 Å². The summed E-state index contributed by atoms with van der Waals surface area (Å²) in [7, 11) is -2.17. The summed E-state index contributed by atoms with van der Waals surface area (Å²) in [5.41, 5.74) is 1.85. The second-order valence-electron chi connectivity index (χ2n) is 6.29. The fourth-order valence-electron chi connectivity index (χ4n) is 3.05. The molecule has 0 unspecified atom stereocenters. The zero-order chi connectivity index (χ0) is 18.7. The largest absolute Gasteiger partial charge is 0.497 e. The number of nitrogens with zero attached hydrogens (tertiary/aromatic N) is 1. The number of anilines is 2. The van der Waals surface area contributed by atoms with Crippen LogP contribution in [-0.2, 0) is 14.8 Å². The van der Waals surface area contributed by atoms with Gasteiger partial charge in [0.15, 0.2) is 0 Å². The molecule has 0 atom stereocenters. The number of nitrogens with one attached hydrogen (secondary N) is 1. The number of ether oxygens (including phenoxy) is 1. The summed E-state index contributed by atoms with van der Waals surface area (Å²) < 4.78 is 33.0. The number of hydrogen-bond acceptors (Lipinski definition) is 4. The zero-order valence-corrected chi connectivity index (χ0v) is 15.7. The fourth-order valence-corrected chi connectivity index (χ4v) is 4.34. The molecule has 1 saturated heterocycles. The fraction of sp³-hybridized carbons (Fsp3) is 0.316. The Kier molecular flexibility index (Phi) is 5.18. The van der Waals surface area contributed by atoms with Gasteiger partial charge in [-0.05, 0) is 67.8 Å². The average molecular weight is 374 g/mol. The number of methoxy groups -OCH3 is 1. The van der Waals surface area contributed by atoms with E-state index < -0.39 is 10.0 Å². The molecule has 7 heteroatoms. The summed E-state index contributed by atoms with van der Waals surface area (Å²) in [6.45, 7) is 2.43. The molecule has 1 heterocycles. The Labute approximate surface area is 153 Å². The maximum atomic E-state index is 12.6. The van der Waals surface area contributed by atoms with E-state index in [-0.39, 0.29) is 10.8 Å². The lowest BCUT2D eigenvalue weighted by molar-refractivity contribution is -0.119. The Hall–Kier alpha value is -2.54. The van der Waals surface area contributed by atoms with Gasteiger partial charge in [-0.2, -0.15) is 0 Å². The minimum Gasteiger partial charge on any atom is -0.497 e. The molecule has 2 aromatic rings. The van der Waals surface area contributed by atoms with Gasteiger partial charge >= 0.3 is 0 Å². The molecule has 2 aromatic carbocycles. The van der Waals surface area contributed by atoms with E-state index in [2.05, 4.69) is 4.72 Å². The number of sulfonamides is 1. The third-order valence-electron chi connectivity index (χ3n) is 4.43. The van der Waals surface area contributed by atoms with Crippen LogP contribution in [0, 0.1) is 6.92 Å². The molecule has 1 aliphatic rings. The van der Waals surface area contributed by atoms with Gasteiger partial charge in [-0.15, -0.1) is 0 Å². The van der Waals surface area contributed by atoms with E-state index in [1.54, 1.807) is 48.2 Å². The summed E-state index contributed by atoms with van der Waals surface area (Å²) >= 11 is 0. The van der Waals surface area contributed by atoms with Gasteiger partial charge in [0.2, 0.25) is 5.91 Å². The Morgan fingerprint density at radius 1 is 1.08 bits per heavy atom. The third-order valence-corrected chi connectivity index (χ3v) is 5.97.